The van der Waals surface area contributed by atoms with E-state index >= 15 is 0 Å². The predicted octanol–water partition coefficient (Wildman–Crippen LogP) is -0.721. The molecule has 7 heavy (non-hydrogen) atoms. The molecule has 0 unspecified atom stereocenters. The second-order valence-electron chi connectivity index (χ2n) is 0.502. The topological polar surface area (TPSA) is 83.8 Å². The summed E-state index contributed by atoms with van der Waals surface area (Å²) in [6, 6.07) is 0. The summed E-state index contributed by atoms with van der Waals surface area (Å²) >= 11 is 0. The molecule has 0 aromatic heterocycles. The van der Waals surface area contributed by atoms with Crippen molar-refractivity contribution in [3.63, 3.8) is 0 Å². The van der Waals surface area contributed by atoms with E-state index in [-0.39, 0.29) is 41.7 Å². The molecule has 0 spiro atoms. The van der Waals surface area contributed by atoms with Crippen molar-refractivity contribution in [3.05, 3.63) is 0 Å². The van der Waals surface area contributed by atoms with Crippen LogP contribution < -0.4 is 0 Å². The van der Waals surface area contributed by atoms with Crippen LogP contribution in [0.4, 0.5) is 0 Å². The van der Waals surface area contributed by atoms with Gasteiger partial charge in [-0.15, -0.1) is 0 Å². The summed E-state index contributed by atoms with van der Waals surface area (Å²) in [5.41, 5.74) is 0. The van der Waals surface area contributed by atoms with Gasteiger partial charge in [0, 0.05) is 41.7 Å². The average molecular weight is 254 g/mol. The van der Waals surface area contributed by atoms with E-state index in [9.17, 15) is 0 Å². The molecule has 0 aromatic carbocycles. The molecule has 0 aromatic rings. The molecule has 42 valence electrons. The third kappa shape index (κ3) is 11.0. The molecule has 0 saturated carbocycles. The Morgan fingerprint density at radius 2 is 1.57 bits per heavy atom. The summed E-state index contributed by atoms with van der Waals surface area (Å²) < 4.78 is 28.0. The minimum absolute atomic E-state index is 0. The van der Waals surface area contributed by atoms with Gasteiger partial charge in [0.2, 0.25) is 0 Å². The number of rotatable bonds is 1. The van der Waals surface area contributed by atoms with Crippen molar-refractivity contribution in [2.75, 3.05) is 0 Å². The minimum Gasteiger partial charge on any atom is -0.262 e. The van der Waals surface area contributed by atoms with Gasteiger partial charge in [-0.3, -0.25) is 4.55 Å². The van der Waals surface area contributed by atoms with Crippen molar-refractivity contribution < 1.29 is 64.3 Å². The van der Waals surface area contributed by atoms with Gasteiger partial charge in [0.05, 0.1) is 0 Å². The Bertz CT molecular complexity index is 110. The molecule has 0 saturated heterocycles. The predicted molar refractivity (Wildman–Crippen MR) is 15.3 cm³/mol. The normalized spacial score (nSPS) is 10.0. The molecule has 5 nitrogen and oxygen atoms in total. The zero-order chi connectivity index (χ0) is 5.21. The Morgan fingerprint density at radius 1 is 1.43 bits per heavy atom. The van der Waals surface area contributed by atoms with E-state index in [2.05, 4.69) is 4.33 Å². The van der Waals surface area contributed by atoms with Gasteiger partial charge in [-0.25, -0.2) is 5.26 Å². The molecular formula is H2CeO5S. The van der Waals surface area contributed by atoms with Gasteiger partial charge < -0.3 is 0 Å². The van der Waals surface area contributed by atoms with Crippen LogP contribution in [0.5, 0.6) is 0 Å². The molecule has 2 N–H and O–H groups in total. The SMILES string of the molecule is O=S(=O)(O)OO.[Ce]. The van der Waals surface area contributed by atoms with Gasteiger partial charge in [-0.1, -0.05) is 4.33 Å². The summed E-state index contributed by atoms with van der Waals surface area (Å²) in [6.07, 6.45) is 0. The Balaban J connectivity index is 0. The zero-order valence-corrected chi connectivity index (χ0v) is 6.98. The third-order valence-electron chi connectivity index (χ3n) is 0.0942. The van der Waals surface area contributed by atoms with E-state index < -0.39 is 10.4 Å². The molecule has 0 heterocycles. The Labute approximate surface area is 73.9 Å². The Morgan fingerprint density at radius 3 is 1.57 bits per heavy atom. The largest absolute Gasteiger partial charge is 0.423 e. The van der Waals surface area contributed by atoms with Crippen LogP contribution >= 0.6 is 0 Å². The van der Waals surface area contributed by atoms with Crippen LogP contribution in [0.25, 0.3) is 0 Å². The van der Waals surface area contributed by atoms with Crippen molar-refractivity contribution in [1.29, 1.82) is 0 Å². The van der Waals surface area contributed by atoms with Crippen molar-refractivity contribution >= 4 is 10.4 Å². The first kappa shape index (κ1) is 11.1. The van der Waals surface area contributed by atoms with Crippen molar-refractivity contribution in [2.24, 2.45) is 0 Å². The molecule has 0 radical (unpaired) electrons. The molecular weight excluding hydrogens is 252 g/mol. The fourth-order valence-corrected chi connectivity index (χ4v) is 0. The molecule has 0 amide bonds. The molecule has 0 aliphatic rings. The van der Waals surface area contributed by atoms with E-state index in [4.69, 9.17) is 18.2 Å². The molecule has 0 aliphatic carbocycles. The fourth-order valence-electron chi connectivity index (χ4n) is 0. The summed E-state index contributed by atoms with van der Waals surface area (Å²) in [4.78, 5) is 0. The maximum absolute atomic E-state index is 9.08. The first-order chi connectivity index (χ1) is 2.56. The third-order valence-corrected chi connectivity index (χ3v) is 0.283. The van der Waals surface area contributed by atoms with E-state index in [1.807, 2.05) is 0 Å². The van der Waals surface area contributed by atoms with Gasteiger partial charge in [-0.2, -0.15) is 8.42 Å². The van der Waals surface area contributed by atoms with E-state index in [1.54, 1.807) is 0 Å². The molecule has 0 bridgehead atoms. The summed E-state index contributed by atoms with van der Waals surface area (Å²) in [6.45, 7) is 0. The van der Waals surface area contributed by atoms with Crippen LogP contribution in [0.2, 0.25) is 0 Å². The van der Waals surface area contributed by atoms with Crippen molar-refractivity contribution in [1.82, 2.24) is 0 Å². The fraction of sp³-hybridized carbons (Fsp3) is 0. The van der Waals surface area contributed by atoms with Crippen LogP contribution in [0.15, 0.2) is 0 Å². The quantitative estimate of drug-likeness (QED) is 0.366. The van der Waals surface area contributed by atoms with E-state index in [1.165, 1.54) is 0 Å². The molecule has 0 atom stereocenters. The number of hydrogen-bond acceptors (Lipinski definition) is 4. The Hall–Kier alpha value is 1.21. The van der Waals surface area contributed by atoms with Gasteiger partial charge in [0.1, 0.15) is 0 Å². The van der Waals surface area contributed by atoms with Crippen LogP contribution in [-0.2, 0) is 14.7 Å². The first-order valence-corrected chi connectivity index (χ1v) is 2.23. The number of hydrogen-bond donors (Lipinski definition) is 2. The molecule has 7 heteroatoms. The summed E-state index contributed by atoms with van der Waals surface area (Å²) in [7, 11) is -4.61. The standard InChI is InChI=1S/Ce.H2O5S/c;1-5-6(2,3)4/h;1H,(H,2,3,4). The van der Waals surface area contributed by atoms with Gasteiger partial charge in [-0.05, 0) is 0 Å². The molecule has 0 aliphatic heterocycles. The van der Waals surface area contributed by atoms with Crippen LogP contribution in [0.1, 0.15) is 0 Å². The van der Waals surface area contributed by atoms with Gasteiger partial charge in [0.15, 0.2) is 0 Å². The van der Waals surface area contributed by atoms with Crippen molar-refractivity contribution in [3.8, 4) is 0 Å². The van der Waals surface area contributed by atoms with Crippen LogP contribution in [0, 0.1) is 41.7 Å². The van der Waals surface area contributed by atoms with Gasteiger partial charge in [0.25, 0.3) is 0 Å². The van der Waals surface area contributed by atoms with E-state index in [0.717, 1.165) is 0 Å². The van der Waals surface area contributed by atoms with Crippen LogP contribution in [-0.4, -0.2) is 18.2 Å². The smallest absolute Gasteiger partial charge is 0.262 e. The minimum atomic E-state index is -4.61. The average Bonchev–Trinajstić information content (AvgIpc) is 1.35. The first-order valence-electron chi connectivity index (χ1n) is 0.865. The summed E-state index contributed by atoms with van der Waals surface area (Å²) in [5.74, 6) is 0. The monoisotopic (exact) mass is 254 g/mol. The van der Waals surface area contributed by atoms with Crippen LogP contribution in [0.3, 0.4) is 0 Å². The van der Waals surface area contributed by atoms with Gasteiger partial charge >= 0.3 is 10.4 Å². The second kappa shape index (κ2) is 4.12. The van der Waals surface area contributed by atoms with E-state index in [0.29, 0.717) is 0 Å². The Kier molecular flexibility index (Phi) is 6.52. The maximum Gasteiger partial charge on any atom is 0.423 e. The second-order valence-corrected chi connectivity index (χ2v) is 1.51. The maximum atomic E-state index is 9.08. The van der Waals surface area contributed by atoms with Crippen molar-refractivity contribution in [2.45, 2.75) is 0 Å². The molecule has 0 rings (SSSR count). The zero-order valence-electron chi connectivity index (χ0n) is 3.03. The summed E-state index contributed by atoms with van der Waals surface area (Å²) in [5, 5.41) is 7.06. The molecule has 0 fully saturated rings.